The van der Waals surface area contributed by atoms with Gasteiger partial charge in [-0.05, 0) is 59.3 Å². The van der Waals surface area contributed by atoms with Crippen LogP contribution in [0.1, 0.15) is 16.1 Å². The second-order valence-electron chi connectivity index (χ2n) is 4.20. The normalized spacial score (nSPS) is 11.1. The van der Waals surface area contributed by atoms with Crippen LogP contribution >= 0.6 is 15.9 Å². The molecule has 0 saturated carbocycles. The molecule has 0 atom stereocenters. The summed E-state index contributed by atoms with van der Waals surface area (Å²) < 4.78 is 27.5. The number of pyridine rings is 1. The highest BCUT2D eigenvalue weighted by Crippen LogP contribution is 2.19. The first-order chi connectivity index (χ1) is 9.79. The topological polar surface area (TPSA) is 96.4 Å². The van der Waals surface area contributed by atoms with E-state index in [0.29, 0.717) is 5.69 Å². The number of carboxylic acid groups (broad SMARTS) is 1. The molecule has 8 heteroatoms. The van der Waals surface area contributed by atoms with Crippen molar-refractivity contribution >= 4 is 37.7 Å². The van der Waals surface area contributed by atoms with Gasteiger partial charge in [-0.25, -0.2) is 18.2 Å². The Bertz CT molecular complexity index is 788. The van der Waals surface area contributed by atoms with E-state index >= 15 is 0 Å². The highest BCUT2D eigenvalue weighted by molar-refractivity contribution is 9.10. The number of halogens is 1. The number of carbonyl (C=O) groups is 1. The van der Waals surface area contributed by atoms with Crippen molar-refractivity contribution in [1.82, 2.24) is 4.98 Å². The summed E-state index contributed by atoms with van der Waals surface area (Å²) in [6.45, 7) is 1.74. The Morgan fingerprint density at radius 3 is 2.33 bits per heavy atom. The maximum absolute atomic E-state index is 12.2. The summed E-state index contributed by atoms with van der Waals surface area (Å²) >= 11 is 3.28. The quantitative estimate of drug-likeness (QED) is 0.862. The van der Waals surface area contributed by atoms with Crippen molar-refractivity contribution < 1.29 is 18.3 Å². The maximum atomic E-state index is 12.2. The zero-order valence-corrected chi connectivity index (χ0v) is 13.3. The van der Waals surface area contributed by atoms with Crippen LogP contribution in [0.3, 0.4) is 0 Å². The first-order valence-electron chi connectivity index (χ1n) is 5.79. The highest BCUT2D eigenvalue weighted by Gasteiger charge is 2.16. The summed E-state index contributed by atoms with van der Waals surface area (Å²) in [5.41, 5.74) is 0.669. The Morgan fingerprint density at radius 1 is 1.19 bits per heavy atom. The molecule has 0 aliphatic rings. The van der Waals surface area contributed by atoms with E-state index in [1.807, 2.05) is 0 Å². The summed E-state index contributed by atoms with van der Waals surface area (Å²) in [5, 5.41) is 8.79. The highest BCUT2D eigenvalue weighted by atomic mass is 79.9. The van der Waals surface area contributed by atoms with Crippen LogP contribution < -0.4 is 4.72 Å². The molecular formula is C13H11BrN2O4S. The lowest BCUT2D eigenvalue weighted by molar-refractivity contribution is 0.0696. The molecule has 6 nitrogen and oxygen atoms in total. The molecule has 0 aliphatic carbocycles. The van der Waals surface area contributed by atoms with E-state index in [1.165, 1.54) is 30.3 Å². The van der Waals surface area contributed by atoms with Crippen molar-refractivity contribution in [2.45, 2.75) is 11.8 Å². The Balaban J connectivity index is 2.29. The molecule has 0 amide bonds. The van der Waals surface area contributed by atoms with E-state index in [2.05, 4.69) is 25.6 Å². The predicted octanol–water partition coefficient (Wildman–Crippen LogP) is 2.65. The van der Waals surface area contributed by atoms with E-state index in [9.17, 15) is 13.2 Å². The first-order valence-corrected chi connectivity index (χ1v) is 8.06. The number of aromatic carboxylic acids is 1. The Hall–Kier alpha value is -1.93. The summed E-state index contributed by atoms with van der Waals surface area (Å²) in [5.74, 6) is -0.921. The minimum atomic E-state index is -3.81. The van der Waals surface area contributed by atoms with E-state index in [-0.39, 0.29) is 16.3 Å². The summed E-state index contributed by atoms with van der Waals surface area (Å²) in [6, 6.07) is 8.15. The first kappa shape index (κ1) is 15.5. The molecule has 2 rings (SSSR count). The lowest BCUT2D eigenvalue weighted by atomic mass is 10.2. The number of carboxylic acids is 1. The number of hydrogen-bond donors (Lipinski definition) is 2. The van der Waals surface area contributed by atoms with Crippen molar-refractivity contribution in [2.24, 2.45) is 0 Å². The number of nitrogens with one attached hydrogen (secondary N) is 1. The fourth-order valence-corrected chi connectivity index (χ4v) is 2.80. The Morgan fingerprint density at radius 2 is 1.81 bits per heavy atom. The number of rotatable bonds is 4. The van der Waals surface area contributed by atoms with Crippen molar-refractivity contribution in [2.75, 3.05) is 4.72 Å². The predicted molar refractivity (Wildman–Crippen MR) is 80.9 cm³/mol. The van der Waals surface area contributed by atoms with Crippen molar-refractivity contribution in [3.05, 3.63) is 52.1 Å². The van der Waals surface area contributed by atoms with Gasteiger partial charge in [0.25, 0.3) is 10.0 Å². The number of hydrogen-bond acceptors (Lipinski definition) is 4. The van der Waals surface area contributed by atoms with E-state index in [4.69, 9.17) is 5.11 Å². The summed E-state index contributed by atoms with van der Waals surface area (Å²) in [7, 11) is -3.81. The fraction of sp³-hybridized carbons (Fsp3) is 0.0769. The molecule has 0 fully saturated rings. The maximum Gasteiger partial charge on any atom is 0.335 e. The molecule has 0 aliphatic heterocycles. The van der Waals surface area contributed by atoms with Gasteiger partial charge in [-0.3, -0.25) is 4.72 Å². The smallest absolute Gasteiger partial charge is 0.335 e. The van der Waals surface area contributed by atoms with Crippen LogP contribution in [0.25, 0.3) is 0 Å². The number of nitrogens with zero attached hydrogens (tertiary/aromatic N) is 1. The molecule has 0 saturated heterocycles. The Labute approximate surface area is 130 Å². The van der Waals surface area contributed by atoms with Crippen molar-refractivity contribution in [1.29, 1.82) is 0 Å². The molecule has 2 aromatic rings. The molecule has 21 heavy (non-hydrogen) atoms. The van der Waals surface area contributed by atoms with Gasteiger partial charge in [0.05, 0.1) is 16.2 Å². The van der Waals surface area contributed by atoms with Gasteiger partial charge in [0, 0.05) is 4.47 Å². The van der Waals surface area contributed by atoms with Crippen LogP contribution in [0.5, 0.6) is 0 Å². The number of benzene rings is 1. The fourth-order valence-electron chi connectivity index (χ4n) is 1.57. The second-order valence-corrected chi connectivity index (χ2v) is 6.74. The number of sulfonamides is 1. The van der Waals surface area contributed by atoms with Gasteiger partial charge >= 0.3 is 5.97 Å². The van der Waals surface area contributed by atoms with E-state index in [1.54, 1.807) is 13.0 Å². The summed E-state index contributed by atoms with van der Waals surface area (Å²) in [6.07, 6.45) is 0. The lowest BCUT2D eigenvalue weighted by Crippen LogP contribution is -2.14. The monoisotopic (exact) mass is 370 g/mol. The van der Waals surface area contributed by atoms with Crippen LogP contribution in [0.4, 0.5) is 5.82 Å². The number of aromatic nitrogens is 1. The third-order valence-electron chi connectivity index (χ3n) is 2.67. The molecule has 0 unspecified atom stereocenters. The molecule has 2 N–H and O–H groups in total. The number of aryl methyl sites for hydroxylation is 1. The third-order valence-corrected chi connectivity index (χ3v) is 4.88. The van der Waals surface area contributed by atoms with E-state index in [0.717, 1.165) is 4.47 Å². The van der Waals surface area contributed by atoms with Gasteiger partial charge in [0.1, 0.15) is 5.82 Å². The van der Waals surface area contributed by atoms with Crippen LogP contribution in [0.15, 0.2) is 45.8 Å². The van der Waals surface area contributed by atoms with Crippen molar-refractivity contribution in [3.63, 3.8) is 0 Å². The van der Waals surface area contributed by atoms with Crippen LogP contribution in [0, 0.1) is 6.92 Å². The molecule has 0 radical (unpaired) electrons. The SMILES string of the molecule is Cc1nc(NS(=O)(=O)c2ccc(C(=O)O)cc2)ccc1Br. The largest absolute Gasteiger partial charge is 0.478 e. The lowest BCUT2D eigenvalue weighted by Gasteiger charge is -2.08. The van der Waals surface area contributed by atoms with Crippen molar-refractivity contribution in [3.8, 4) is 0 Å². The van der Waals surface area contributed by atoms with Gasteiger partial charge in [-0.15, -0.1) is 0 Å². The van der Waals surface area contributed by atoms with Gasteiger partial charge in [-0.1, -0.05) is 0 Å². The minimum Gasteiger partial charge on any atom is -0.478 e. The molecule has 0 spiro atoms. The van der Waals surface area contributed by atoms with Crippen LogP contribution in [-0.4, -0.2) is 24.5 Å². The zero-order valence-electron chi connectivity index (χ0n) is 10.9. The average molecular weight is 371 g/mol. The molecule has 1 aromatic heterocycles. The Kier molecular flexibility index (Phi) is 4.29. The standard InChI is InChI=1S/C13H11BrN2O4S/c1-8-11(14)6-7-12(15-8)16-21(19,20)10-4-2-9(3-5-10)13(17)18/h2-7H,1H3,(H,15,16)(H,17,18). The minimum absolute atomic E-state index is 0.0200. The molecule has 0 bridgehead atoms. The van der Waals surface area contributed by atoms with Crippen LogP contribution in [-0.2, 0) is 10.0 Å². The van der Waals surface area contributed by atoms with Gasteiger partial charge in [-0.2, -0.15) is 0 Å². The third kappa shape index (κ3) is 3.59. The molecule has 1 heterocycles. The van der Waals surface area contributed by atoms with Gasteiger partial charge in [0.15, 0.2) is 0 Å². The zero-order chi connectivity index (χ0) is 15.6. The average Bonchev–Trinajstić information content (AvgIpc) is 2.43. The van der Waals surface area contributed by atoms with Crippen LogP contribution in [0.2, 0.25) is 0 Å². The van der Waals surface area contributed by atoms with E-state index < -0.39 is 16.0 Å². The molecule has 110 valence electrons. The molecular weight excluding hydrogens is 360 g/mol. The molecule has 1 aromatic carbocycles. The number of anilines is 1. The van der Waals surface area contributed by atoms with Gasteiger partial charge in [0.2, 0.25) is 0 Å². The second kappa shape index (κ2) is 5.82. The van der Waals surface area contributed by atoms with Gasteiger partial charge < -0.3 is 5.11 Å². The summed E-state index contributed by atoms with van der Waals surface area (Å²) in [4.78, 5) is 14.8.